The van der Waals surface area contributed by atoms with Gasteiger partial charge in [-0.15, -0.1) is 11.3 Å². The number of benzene rings is 1. The predicted molar refractivity (Wildman–Crippen MR) is 112 cm³/mol. The topological polar surface area (TPSA) is 96.4 Å². The second-order valence-electron chi connectivity index (χ2n) is 6.92. The fourth-order valence-corrected chi connectivity index (χ4v) is 4.31. The van der Waals surface area contributed by atoms with Gasteiger partial charge in [0, 0.05) is 5.56 Å². The Kier molecular flexibility index (Phi) is 6.45. The number of nitrogens with two attached hydrogens (primary N) is 1. The highest BCUT2D eigenvalue weighted by molar-refractivity contribution is 7.17. The minimum atomic E-state index is -0.180. The molecule has 4 N–H and O–H groups in total. The molecule has 1 saturated carbocycles. The van der Waals surface area contributed by atoms with Gasteiger partial charge in [-0.1, -0.05) is 25.0 Å². The molecule has 3 rings (SSSR count). The van der Waals surface area contributed by atoms with Crippen LogP contribution in [0.25, 0.3) is 10.6 Å². The molecule has 0 unspecified atom stereocenters. The molecule has 1 heterocycles. The summed E-state index contributed by atoms with van der Waals surface area (Å²) in [4.78, 5) is 5.68. The zero-order valence-corrected chi connectivity index (χ0v) is 16.7. The zero-order valence-electron chi connectivity index (χ0n) is 15.9. The van der Waals surface area contributed by atoms with Crippen LogP contribution in [-0.2, 0) is 0 Å². The molecule has 1 aliphatic carbocycles. The highest BCUT2D eigenvalue weighted by Gasteiger charge is 2.16. The van der Waals surface area contributed by atoms with E-state index in [-0.39, 0.29) is 5.96 Å². The third-order valence-electron chi connectivity index (χ3n) is 4.66. The Morgan fingerprint density at radius 1 is 1.30 bits per heavy atom. The molecule has 0 saturated heterocycles. The van der Waals surface area contributed by atoms with Crippen LogP contribution in [0.15, 0.2) is 29.4 Å². The van der Waals surface area contributed by atoms with Crippen molar-refractivity contribution in [2.24, 2.45) is 10.8 Å². The zero-order chi connectivity index (χ0) is 19.2. The molecule has 0 bridgehead atoms. The van der Waals surface area contributed by atoms with Crippen molar-refractivity contribution in [2.45, 2.75) is 58.5 Å². The van der Waals surface area contributed by atoms with E-state index in [0.29, 0.717) is 6.10 Å². The fourth-order valence-electron chi connectivity index (χ4n) is 3.31. The van der Waals surface area contributed by atoms with E-state index in [1.807, 2.05) is 26.0 Å². The van der Waals surface area contributed by atoms with Crippen LogP contribution in [0.3, 0.4) is 0 Å². The van der Waals surface area contributed by atoms with Gasteiger partial charge in [-0.25, -0.2) is 10.4 Å². The van der Waals surface area contributed by atoms with Crippen LogP contribution >= 0.6 is 11.3 Å². The van der Waals surface area contributed by atoms with E-state index in [9.17, 15) is 0 Å². The maximum atomic E-state index is 7.22. The number of aromatic nitrogens is 1. The molecule has 27 heavy (non-hydrogen) atoms. The number of hydrogen-bond acceptors (Lipinski definition) is 5. The van der Waals surface area contributed by atoms with Gasteiger partial charge in [0.05, 0.1) is 22.4 Å². The average Bonchev–Trinajstić information content (AvgIpc) is 2.86. The van der Waals surface area contributed by atoms with Crippen LogP contribution in [0, 0.1) is 12.3 Å². The molecule has 144 valence electrons. The normalized spacial score (nSPS) is 16.0. The average molecular weight is 386 g/mol. The Hall–Kier alpha value is -2.41. The lowest BCUT2D eigenvalue weighted by Crippen LogP contribution is -2.26. The lowest BCUT2D eigenvalue weighted by molar-refractivity contribution is 0.184. The first-order valence-corrected chi connectivity index (χ1v) is 10.2. The monoisotopic (exact) mass is 385 g/mol. The van der Waals surface area contributed by atoms with Gasteiger partial charge in [0.25, 0.3) is 0 Å². The number of ether oxygens (including phenoxy) is 1. The van der Waals surface area contributed by atoms with E-state index in [4.69, 9.17) is 20.9 Å². The van der Waals surface area contributed by atoms with Crippen LogP contribution in [0.4, 0.5) is 0 Å². The van der Waals surface area contributed by atoms with E-state index in [2.05, 4.69) is 22.7 Å². The third kappa shape index (κ3) is 5.29. The molecule has 0 aliphatic heterocycles. The van der Waals surface area contributed by atoms with Crippen molar-refractivity contribution in [1.29, 1.82) is 5.41 Å². The summed E-state index contributed by atoms with van der Waals surface area (Å²) in [6.07, 6.45) is 7.76. The Morgan fingerprint density at radius 2 is 2.04 bits per heavy atom. The molecular weight excluding hydrogens is 358 g/mol. The molecule has 1 fully saturated rings. The van der Waals surface area contributed by atoms with Gasteiger partial charge < -0.3 is 10.5 Å². The summed E-state index contributed by atoms with van der Waals surface area (Å²) >= 11 is 1.58. The lowest BCUT2D eigenvalue weighted by Gasteiger charge is -2.17. The molecule has 0 spiro atoms. The number of hydrogen-bond donors (Lipinski definition) is 3. The maximum absolute atomic E-state index is 7.22. The summed E-state index contributed by atoms with van der Waals surface area (Å²) in [5.41, 5.74) is 10.5. The van der Waals surface area contributed by atoms with Crippen molar-refractivity contribution in [3.8, 4) is 16.3 Å². The number of nitrogens with one attached hydrogen (secondary N) is 2. The molecule has 1 aromatic carbocycles. The SMILES string of the molecule is CC(=NNC(=N)N)c1sc(-c2cccc(OC3CCCCCC3)c2)nc1C. The summed E-state index contributed by atoms with van der Waals surface area (Å²) in [5.74, 6) is 0.734. The van der Waals surface area contributed by atoms with E-state index < -0.39 is 0 Å². The Morgan fingerprint density at radius 3 is 2.74 bits per heavy atom. The van der Waals surface area contributed by atoms with Crippen LogP contribution in [0.5, 0.6) is 5.75 Å². The van der Waals surface area contributed by atoms with Crippen molar-refractivity contribution in [3.05, 3.63) is 34.8 Å². The Bertz CT molecular complexity index is 822. The standard InChI is InChI=1S/C20H27N5OS/c1-13-18(14(2)24-25-20(21)22)27-19(23-13)15-8-7-11-17(12-15)26-16-9-5-3-4-6-10-16/h7-8,11-12,16H,3-6,9-10H2,1-2H3,(H4,21,22,25). The van der Waals surface area contributed by atoms with Crippen LogP contribution in [0.2, 0.25) is 0 Å². The first-order chi connectivity index (χ1) is 13.0. The summed E-state index contributed by atoms with van der Waals surface area (Å²) in [6, 6.07) is 8.19. The minimum absolute atomic E-state index is 0.180. The van der Waals surface area contributed by atoms with E-state index in [0.717, 1.165) is 45.4 Å². The van der Waals surface area contributed by atoms with E-state index in [1.165, 1.54) is 25.7 Å². The van der Waals surface area contributed by atoms with Crippen molar-refractivity contribution in [2.75, 3.05) is 0 Å². The molecule has 7 heteroatoms. The molecule has 6 nitrogen and oxygen atoms in total. The second-order valence-corrected chi connectivity index (χ2v) is 7.91. The third-order valence-corrected chi connectivity index (χ3v) is 5.97. The molecule has 2 aromatic rings. The largest absolute Gasteiger partial charge is 0.490 e. The minimum Gasteiger partial charge on any atom is -0.490 e. The molecule has 1 aliphatic rings. The second kappa shape index (κ2) is 8.99. The summed E-state index contributed by atoms with van der Waals surface area (Å²) in [6.45, 7) is 3.85. The smallest absolute Gasteiger partial charge is 0.206 e. The van der Waals surface area contributed by atoms with Crippen LogP contribution in [-0.4, -0.2) is 22.8 Å². The number of thiazole rings is 1. The highest BCUT2D eigenvalue weighted by atomic mass is 32.1. The van der Waals surface area contributed by atoms with Crippen LogP contribution in [0.1, 0.15) is 56.0 Å². The van der Waals surface area contributed by atoms with Gasteiger partial charge in [-0.3, -0.25) is 5.41 Å². The molecular formula is C20H27N5OS. The summed E-state index contributed by atoms with van der Waals surface area (Å²) < 4.78 is 6.25. The number of aryl methyl sites for hydroxylation is 1. The van der Waals surface area contributed by atoms with Gasteiger partial charge in [0.2, 0.25) is 5.96 Å². The van der Waals surface area contributed by atoms with Gasteiger partial charge in [-0.2, -0.15) is 5.10 Å². The number of nitrogens with zero attached hydrogens (tertiary/aromatic N) is 2. The van der Waals surface area contributed by atoms with Gasteiger partial charge in [-0.05, 0) is 51.7 Å². The summed E-state index contributed by atoms with van der Waals surface area (Å²) in [7, 11) is 0. The van der Waals surface area contributed by atoms with E-state index >= 15 is 0 Å². The first-order valence-electron chi connectivity index (χ1n) is 9.42. The first kappa shape index (κ1) is 19.4. The number of hydrazone groups is 1. The fraction of sp³-hybridized carbons (Fsp3) is 0.450. The van der Waals surface area contributed by atoms with Gasteiger partial charge >= 0.3 is 0 Å². The number of guanidine groups is 1. The van der Waals surface area contributed by atoms with E-state index in [1.54, 1.807) is 11.3 Å². The molecule has 0 radical (unpaired) electrons. The lowest BCUT2D eigenvalue weighted by atomic mass is 10.1. The van der Waals surface area contributed by atoms with Gasteiger partial charge in [0.1, 0.15) is 10.8 Å². The Labute approximate surface area is 164 Å². The Balaban J connectivity index is 1.77. The predicted octanol–water partition coefficient (Wildman–Crippen LogP) is 4.43. The molecule has 1 aromatic heterocycles. The quantitative estimate of drug-likeness (QED) is 0.307. The van der Waals surface area contributed by atoms with Crippen molar-refractivity contribution >= 4 is 23.0 Å². The highest BCUT2D eigenvalue weighted by Crippen LogP contribution is 2.31. The van der Waals surface area contributed by atoms with Crippen LogP contribution < -0.4 is 15.9 Å². The summed E-state index contributed by atoms with van der Waals surface area (Å²) in [5, 5.41) is 12.3. The van der Waals surface area contributed by atoms with Crippen molar-refractivity contribution in [1.82, 2.24) is 10.4 Å². The van der Waals surface area contributed by atoms with Crippen molar-refractivity contribution < 1.29 is 4.74 Å². The maximum Gasteiger partial charge on any atom is 0.206 e. The van der Waals surface area contributed by atoms with Gasteiger partial charge in [0.15, 0.2) is 0 Å². The number of rotatable bonds is 5. The molecule has 0 atom stereocenters. The van der Waals surface area contributed by atoms with Crippen molar-refractivity contribution in [3.63, 3.8) is 0 Å². The molecule has 0 amide bonds.